The molecule has 0 radical (unpaired) electrons. The van der Waals surface area contributed by atoms with Crippen LogP contribution in [-0.2, 0) is 28.6 Å². The Morgan fingerprint density at radius 2 is 0.450 bits per heavy atom. The number of esters is 3. The molecule has 1 unspecified atom stereocenters. The summed E-state index contributed by atoms with van der Waals surface area (Å²) in [5, 5.41) is 0. The fraction of sp³-hybridized carbons (Fsp3) is 0.878. The van der Waals surface area contributed by atoms with E-state index in [-0.39, 0.29) is 31.1 Å². The highest BCUT2D eigenvalue weighted by Crippen LogP contribution is 2.18. The van der Waals surface area contributed by atoms with Crippen LogP contribution >= 0.6 is 0 Å². The highest BCUT2D eigenvalue weighted by atomic mass is 16.6. The summed E-state index contributed by atoms with van der Waals surface area (Å²) >= 11 is 0. The maximum atomic E-state index is 13.0. The Labute approximate surface area is 499 Å². The molecule has 0 aliphatic heterocycles. The van der Waals surface area contributed by atoms with Crippen molar-refractivity contribution in [2.75, 3.05) is 13.2 Å². The summed E-state index contributed by atoms with van der Waals surface area (Å²) in [4.78, 5) is 38.5. The van der Waals surface area contributed by atoms with Gasteiger partial charge in [0.25, 0.3) is 0 Å². The molecule has 6 heteroatoms. The third kappa shape index (κ3) is 66.4. The first kappa shape index (κ1) is 77.6. The summed E-state index contributed by atoms with van der Waals surface area (Å²) in [5.74, 6) is -0.842. The van der Waals surface area contributed by atoms with Crippen LogP contribution in [0.25, 0.3) is 0 Å². The van der Waals surface area contributed by atoms with Crippen LogP contribution in [0.5, 0.6) is 0 Å². The van der Waals surface area contributed by atoms with Crippen molar-refractivity contribution in [3.63, 3.8) is 0 Å². The van der Waals surface area contributed by atoms with Crippen molar-refractivity contribution >= 4 is 17.9 Å². The van der Waals surface area contributed by atoms with Crippen LogP contribution in [0.15, 0.2) is 36.5 Å². The molecule has 0 rings (SSSR count). The van der Waals surface area contributed by atoms with E-state index in [1.54, 1.807) is 0 Å². The van der Waals surface area contributed by atoms with Crippen molar-refractivity contribution in [2.45, 2.75) is 406 Å². The van der Waals surface area contributed by atoms with E-state index in [1.807, 2.05) is 0 Å². The van der Waals surface area contributed by atoms with Crippen molar-refractivity contribution in [2.24, 2.45) is 0 Å². The van der Waals surface area contributed by atoms with Gasteiger partial charge >= 0.3 is 17.9 Å². The molecular formula is C74H138O6. The molecular weight excluding hydrogens is 985 g/mol. The van der Waals surface area contributed by atoms with Crippen LogP contribution in [0.2, 0.25) is 0 Å². The van der Waals surface area contributed by atoms with Crippen LogP contribution in [-0.4, -0.2) is 37.2 Å². The maximum Gasteiger partial charge on any atom is 0.306 e. The van der Waals surface area contributed by atoms with Gasteiger partial charge in [-0.1, -0.05) is 340 Å². The number of hydrogen-bond acceptors (Lipinski definition) is 6. The molecule has 0 aromatic rings. The summed E-state index contributed by atoms with van der Waals surface area (Å²) in [6, 6.07) is 0. The Bertz CT molecular complexity index is 1340. The van der Waals surface area contributed by atoms with Crippen LogP contribution in [0, 0.1) is 0 Å². The average molecular weight is 1120 g/mol. The van der Waals surface area contributed by atoms with Gasteiger partial charge in [-0.2, -0.15) is 0 Å². The molecule has 0 aliphatic rings. The second kappa shape index (κ2) is 69.1. The minimum Gasteiger partial charge on any atom is -0.462 e. The van der Waals surface area contributed by atoms with Gasteiger partial charge in [-0.3, -0.25) is 14.4 Å². The molecule has 0 saturated heterocycles. The fourth-order valence-corrected chi connectivity index (χ4v) is 10.9. The fourth-order valence-electron chi connectivity index (χ4n) is 10.9. The zero-order valence-corrected chi connectivity index (χ0v) is 54.1. The first-order valence-corrected chi connectivity index (χ1v) is 36.0. The molecule has 6 nitrogen and oxygen atoms in total. The van der Waals surface area contributed by atoms with Gasteiger partial charge in [-0.15, -0.1) is 0 Å². The molecule has 80 heavy (non-hydrogen) atoms. The molecule has 0 aromatic heterocycles. The van der Waals surface area contributed by atoms with E-state index >= 15 is 0 Å². The Kier molecular flexibility index (Phi) is 67.1. The van der Waals surface area contributed by atoms with Crippen molar-refractivity contribution in [1.82, 2.24) is 0 Å². The monoisotopic (exact) mass is 1120 g/mol. The molecule has 0 fully saturated rings. The molecule has 0 heterocycles. The van der Waals surface area contributed by atoms with Crippen LogP contribution in [0.1, 0.15) is 400 Å². The molecule has 0 amide bonds. The van der Waals surface area contributed by atoms with Crippen molar-refractivity contribution in [1.29, 1.82) is 0 Å². The van der Waals surface area contributed by atoms with E-state index < -0.39 is 6.10 Å². The topological polar surface area (TPSA) is 78.9 Å². The molecule has 0 saturated carbocycles. The van der Waals surface area contributed by atoms with Crippen LogP contribution in [0.4, 0.5) is 0 Å². The van der Waals surface area contributed by atoms with Crippen molar-refractivity contribution in [3.8, 4) is 0 Å². The first-order valence-electron chi connectivity index (χ1n) is 36.0. The van der Waals surface area contributed by atoms with E-state index in [4.69, 9.17) is 14.2 Å². The lowest BCUT2D eigenvalue weighted by Gasteiger charge is -2.18. The highest BCUT2D eigenvalue weighted by Gasteiger charge is 2.19. The van der Waals surface area contributed by atoms with E-state index in [2.05, 4.69) is 57.2 Å². The zero-order chi connectivity index (χ0) is 57.8. The molecule has 0 bridgehead atoms. The molecule has 470 valence electrons. The first-order chi connectivity index (χ1) is 39.5. The molecule has 0 spiro atoms. The van der Waals surface area contributed by atoms with Gasteiger partial charge < -0.3 is 14.2 Å². The number of rotatable bonds is 67. The number of allylic oxidation sites excluding steroid dienone is 6. The van der Waals surface area contributed by atoms with Crippen molar-refractivity contribution < 1.29 is 28.6 Å². The van der Waals surface area contributed by atoms with Gasteiger partial charge in [0.05, 0.1) is 0 Å². The Morgan fingerprint density at radius 3 is 0.725 bits per heavy atom. The third-order valence-corrected chi connectivity index (χ3v) is 16.4. The number of unbranched alkanes of at least 4 members (excludes halogenated alkanes) is 50. The van der Waals surface area contributed by atoms with Gasteiger partial charge in [-0.05, 0) is 77.0 Å². The number of carbonyl (C=O) groups excluding carboxylic acids is 3. The van der Waals surface area contributed by atoms with Gasteiger partial charge in [0.15, 0.2) is 6.10 Å². The molecule has 0 aromatic carbocycles. The number of carbonyl (C=O) groups is 3. The quantitative estimate of drug-likeness (QED) is 0.0261. The van der Waals surface area contributed by atoms with Gasteiger partial charge in [0.1, 0.15) is 13.2 Å². The maximum absolute atomic E-state index is 13.0. The standard InChI is InChI=1S/C74H138O6/c1-4-7-10-13-16-19-22-25-28-31-34-36-37-38-41-43-46-49-52-55-58-61-64-67-73(76)79-70-71(69-78-72(75)66-63-60-57-54-51-48-45-42-39-33-30-27-24-21-18-15-12-9-6-3)80-74(77)68-65-62-59-56-53-50-47-44-40-35-32-29-26-23-20-17-14-11-8-5-2/h18,21,27,30-31,34,71H,4-17,19-20,22-26,28-29,32-33,35-70H2,1-3H3/b21-18-,30-27-,34-31-. The summed E-state index contributed by atoms with van der Waals surface area (Å²) in [5.41, 5.74) is 0. The Hall–Kier alpha value is -2.37. The predicted molar refractivity (Wildman–Crippen MR) is 349 cm³/mol. The summed E-state index contributed by atoms with van der Waals surface area (Å²) < 4.78 is 17.0. The number of ether oxygens (including phenoxy) is 3. The smallest absolute Gasteiger partial charge is 0.306 e. The lowest BCUT2D eigenvalue weighted by atomic mass is 10.0. The van der Waals surface area contributed by atoms with Crippen molar-refractivity contribution in [3.05, 3.63) is 36.5 Å². The molecule has 0 N–H and O–H groups in total. The zero-order valence-electron chi connectivity index (χ0n) is 54.1. The minimum absolute atomic E-state index is 0.0687. The largest absolute Gasteiger partial charge is 0.462 e. The number of hydrogen-bond donors (Lipinski definition) is 0. The lowest BCUT2D eigenvalue weighted by molar-refractivity contribution is -0.167. The SMILES string of the molecule is CCCCC/C=C\C/C=C\CCCCCCCCCCCC(=O)OCC(COC(=O)CCCCCCCCCCCCC/C=C\CCCCCCCCCC)OC(=O)CCCCCCCCCCCCCCCCCCCCCC. The minimum atomic E-state index is -0.773. The van der Waals surface area contributed by atoms with E-state index in [9.17, 15) is 14.4 Å². The Morgan fingerprint density at radius 1 is 0.250 bits per heavy atom. The van der Waals surface area contributed by atoms with Crippen LogP contribution < -0.4 is 0 Å². The normalized spacial score (nSPS) is 12.2. The summed E-state index contributed by atoms with van der Waals surface area (Å²) in [6.45, 7) is 6.69. The molecule has 1 atom stereocenters. The Balaban J connectivity index is 4.31. The van der Waals surface area contributed by atoms with E-state index in [0.29, 0.717) is 19.3 Å². The van der Waals surface area contributed by atoms with Crippen LogP contribution in [0.3, 0.4) is 0 Å². The second-order valence-electron chi connectivity index (χ2n) is 24.5. The van der Waals surface area contributed by atoms with Gasteiger partial charge in [-0.25, -0.2) is 0 Å². The summed E-state index contributed by atoms with van der Waals surface area (Å²) in [6.07, 6.45) is 85.9. The second-order valence-corrected chi connectivity index (χ2v) is 24.5. The molecule has 0 aliphatic carbocycles. The third-order valence-electron chi connectivity index (χ3n) is 16.4. The predicted octanol–water partition coefficient (Wildman–Crippen LogP) is 24.7. The van der Waals surface area contributed by atoms with Gasteiger partial charge in [0, 0.05) is 19.3 Å². The average Bonchev–Trinajstić information content (AvgIpc) is 3.46. The van der Waals surface area contributed by atoms with E-state index in [0.717, 1.165) is 64.2 Å². The lowest BCUT2D eigenvalue weighted by Crippen LogP contribution is -2.30. The summed E-state index contributed by atoms with van der Waals surface area (Å²) in [7, 11) is 0. The van der Waals surface area contributed by atoms with E-state index in [1.165, 1.54) is 295 Å². The highest BCUT2D eigenvalue weighted by molar-refractivity contribution is 5.71. The van der Waals surface area contributed by atoms with Gasteiger partial charge in [0.2, 0.25) is 0 Å².